The first-order valence-corrected chi connectivity index (χ1v) is 21.6. The number of unbranched alkanes of at least 4 members (excludes halogenated alkanes) is 28. The highest BCUT2D eigenvalue weighted by Crippen LogP contribution is 2.34. The molecule has 0 radical (unpaired) electrons. The monoisotopic (exact) mass is 696 g/mol. The molecule has 0 aliphatic carbocycles. The smallest absolute Gasteiger partial charge is 0.309 e. The number of aliphatic hydroxyl groups excluding tert-OH is 1. The second-order valence-electron chi connectivity index (χ2n) is 15.4. The summed E-state index contributed by atoms with van der Waals surface area (Å²) < 4.78 is 11.7. The summed E-state index contributed by atoms with van der Waals surface area (Å²) in [6.45, 7) is 9.47. The lowest BCUT2D eigenvalue weighted by Gasteiger charge is -2.45. The predicted octanol–water partition coefficient (Wildman–Crippen LogP) is 12.8. The Bertz CT molecular complexity index is 705. The van der Waals surface area contributed by atoms with E-state index in [1.807, 2.05) is 0 Å². The minimum Gasteiger partial charge on any atom is -0.420 e. The Morgan fingerprint density at radius 3 is 0.918 bits per heavy atom. The third-order valence-corrected chi connectivity index (χ3v) is 10.7. The summed E-state index contributed by atoms with van der Waals surface area (Å²) in [5, 5.41) is 10.5. The molecule has 6 heteroatoms. The first kappa shape index (κ1) is 47.9. The Labute approximate surface area is 305 Å². The Kier molecular flexibility index (Phi) is 32.0. The van der Waals surface area contributed by atoms with Gasteiger partial charge < -0.3 is 20.3 Å². The maximum Gasteiger partial charge on any atom is 0.309 e. The van der Waals surface area contributed by atoms with Crippen molar-refractivity contribution in [3.63, 3.8) is 0 Å². The number of aliphatic hydroxyl groups is 1. The fourth-order valence-corrected chi connectivity index (χ4v) is 6.84. The van der Waals surface area contributed by atoms with Crippen LogP contribution in [0.1, 0.15) is 247 Å². The predicted molar refractivity (Wildman–Crippen MR) is 209 cm³/mol. The zero-order valence-corrected chi connectivity index (χ0v) is 33.6. The Morgan fingerprint density at radius 1 is 0.490 bits per heavy atom. The molecule has 0 aromatic carbocycles. The summed E-state index contributed by atoms with van der Waals surface area (Å²) in [4.78, 5) is 25.9. The molecule has 0 bridgehead atoms. The summed E-state index contributed by atoms with van der Waals surface area (Å²) in [5.74, 6) is -2.54. The standard InChI is InChI=1S/C43H85NO5/c1-6-9-11-13-15-17-19-21-23-25-27-29-31-33-35-37-40(46)48-43(8-3,42(5,44)39(4)45)49-41(47)38-36-34-32-30-28-26-24-22-20-18-16-14-12-10-7-2/h39,45H,6-38,44H2,1-5H3. The molecule has 0 aliphatic heterocycles. The normalized spacial score (nSPS) is 13.7. The number of hydrogen-bond donors (Lipinski definition) is 2. The largest absolute Gasteiger partial charge is 0.420 e. The van der Waals surface area contributed by atoms with Gasteiger partial charge in [0, 0.05) is 19.3 Å². The molecule has 0 heterocycles. The van der Waals surface area contributed by atoms with Crippen molar-refractivity contribution in [2.45, 2.75) is 264 Å². The molecule has 0 aromatic heterocycles. The minimum atomic E-state index is -1.69. The van der Waals surface area contributed by atoms with Gasteiger partial charge in [-0.05, 0) is 26.7 Å². The molecule has 0 spiro atoms. The number of carbonyl (C=O) groups excluding carboxylic acids is 2. The molecular weight excluding hydrogens is 610 g/mol. The van der Waals surface area contributed by atoms with Gasteiger partial charge in [0.1, 0.15) is 5.54 Å². The molecule has 0 aromatic rings. The summed E-state index contributed by atoms with van der Waals surface area (Å²) in [6, 6.07) is 0. The number of rotatable bonds is 37. The number of esters is 2. The average molecular weight is 696 g/mol. The molecule has 292 valence electrons. The quantitative estimate of drug-likeness (QED) is 0.0381. The molecule has 6 nitrogen and oxygen atoms in total. The van der Waals surface area contributed by atoms with Crippen LogP contribution in [0.5, 0.6) is 0 Å². The molecular formula is C43H85NO5. The van der Waals surface area contributed by atoms with Crippen molar-refractivity contribution in [3.8, 4) is 0 Å². The van der Waals surface area contributed by atoms with E-state index in [2.05, 4.69) is 13.8 Å². The second-order valence-corrected chi connectivity index (χ2v) is 15.4. The van der Waals surface area contributed by atoms with Gasteiger partial charge in [0.05, 0.1) is 6.10 Å². The lowest BCUT2D eigenvalue weighted by Crippen LogP contribution is -2.67. The maximum absolute atomic E-state index is 13.0. The van der Waals surface area contributed by atoms with Crippen LogP contribution >= 0.6 is 0 Å². The molecule has 0 amide bonds. The highest BCUT2D eigenvalue weighted by Gasteiger charge is 2.54. The second kappa shape index (κ2) is 32.7. The third kappa shape index (κ3) is 25.5. The molecule has 0 rings (SSSR count). The van der Waals surface area contributed by atoms with E-state index in [1.54, 1.807) is 20.8 Å². The van der Waals surface area contributed by atoms with Crippen LogP contribution in [0.25, 0.3) is 0 Å². The highest BCUT2D eigenvalue weighted by atomic mass is 16.7. The molecule has 49 heavy (non-hydrogen) atoms. The number of carbonyl (C=O) groups is 2. The SMILES string of the molecule is CCCCCCCCCCCCCCCCCC(=O)OC(CC)(OC(=O)CCCCCCCCCCCCCCCCC)C(C)(N)C(C)O. The van der Waals surface area contributed by atoms with Crippen LogP contribution in [0.2, 0.25) is 0 Å². The molecule has 0 saturated heterocycles. The summed E-state index contributed by atoms with van der Waals surface area (Å²) in [6.07, 6.45) is 37.5. The van der Waals surface area contributed by atoms with Gasteiger partial charge in [0.15, 0.2) is 0 Å². The van der Waals surface area contributed by atoms with E-state index in [0.717, 1.165) is 38.5 Å². The Hall–Kier alpha value is -1.14. The zero-order valence-electron chi connectivity index (χ0n) is 33.6. The van der Waals surface area contributed by atoms with Gasteiger partial charge in [-0.2, -0.15) is 0 Å². The minimum absolute atomic E-state index is 0.181. The van der Waals surface area contributed by atoms with Gasteiger partial charge in [0.2, 0.25) is 0 Å². The Morgan fingerprint density at radius 2 is 0.714 bits per heavy atom. The van der Waals surface area contributed by atoms with Crippen molar-refractivity contribution in [1.82, 2.24) is 0 Å². The van der Waals surface area contributed by atoms with E-state index in [9.17, 15) is 14.7 Å². The van der Waals surface area contributed by atoms with E-state index in [1.165, 1.54) is 154 Å². The first-order valence-electron chi connectivity index (χ1n) is 21.6. The van der Waals surface area contributed by atoms with E-state index in [0.29, 0.717) is 0 Å². The van der Waals surface area contributed by atoms with Crippen LogP contribution < -0.4 is 5.73 Å². The lowest BCUT2D eigenvalue weighted by molar-refractivity contribution is -0.263. The van der Waals surface area contributed by atoms with Gasteiger partial charge in [-0.3, -0.25) is 9.59 Å². The van der Waals surface area contributed by atoms with Crippen LogP contribution in [0.4, 0.5) is 0 Å². The van der Waals surface area contributed by atoms with Crippen LogP contribution in [0, 0.1) is 0 Å². The molecule has 0 fully saturated rings. The van der Waals surface area contributed by atoms with Crippen molar-refractivity contribution in [2.75, 3.05) is 0 Å². The first-order chi connectivity index (χ1) is 23.7. The van der Waals surface area contributed by atoms with Gasteiger partial charge in [-0.15, -0.1) is 0 Å². The van der Waals surface area contributed by atoms with Crippen molar-refractivity contribution < 1.29 is 24.2 Å². The fraction of sp³-hybridized carbons (Fsp3) is 0.953. The topological polar surface area (TPSA) is 98.9 Å². The fourth-order valence-electron chi connectivity index (χ4n) is 6.84. The Balaban J connectivity index is 4.24. The average Bonchev–Trinajstić information content (AvgIpc) is 3.07. The van der Waals surface area contributed by atoms with Crippen LogP contribution in [-0.4, -0.2) is 34.5 Å². The molecule has 2 unspecified atom stereocenters. The van der Waals surface area contributed by atoms with Crippen LogP contribution in [0.15, 0.2) is 0 Å². The van der Waals surface area contributed by atoms with E-state index in [4.69, 9.17) is 15.2 Å². The van der Waals surface area contributed by atoms with Crippen LogP contribution in [0.3, 0.4) is 0 Å². The summed E-state index contributed by atoms with van der Waals surface area (Å²) in [5.41, 5.74) is 5.08. The van der Waals surface area contributed by atoms with E-state index >= 15 is 0 Å². The maximum atomic E-state index is 13.0. The van der Waals surface area contributed by atoms with Crippen molar-refractivity contribution in [1.29, 1.82) is 0 Å². The third-order valence-electron chi connectivity index (χ3n) is 10.7. The van der Waals surface area contributed by atoms with Crippen LogP contribution in [-0.2, 0) is 19.1 Å². The van der Waals surface area contributed by atoms with Crippen molar-refractivity contribution in [2.24, 2.45) is 5.73 Å². The highest BCUT2D eigenvalue weighted by molar-refractivity contribution is 5.72. The molecule has 0 saturated carbocycles. The number of nitrogens with two attached hydrogens (primary N) is 1. The van der Waals surface area contributed by atoms with Gasteiger partial charge >= 0.3 is 11.9 Å². The summed E-state index contributed by atoms with van der Waals surface area (Å²) >= 11 is 0. The zero-order chi connectivity index (χ0) is 36.5. The number of ether oxygens (including phenoxy) is 2. The molecule has 0 aliphatic rings. The van der Waals surface area contributed by atoms with Gasteiger partial charge in [-0.25, -0.2) is 0 Å². The molecule has 2 atom stereocenters. The lowest BCUT2D eigenvalue weighted by atomic mass is 9.84. The molecule has 3 N–H and O–H groups in total. The van der Waals surface area contributed by atoms with Crippen molar-refractivity contribution >= 4 is 11.9 Å². The van der Waals surface area contributed by atoms with Gasteiger partial charge in [-0.1, -0.05) is 201 Å². The van der Waals surface area contributed by atoms with Gasteiger partial charge in [0.25, 0.3) is 5.79 Å². The number of hydrogen-bond acceptors (Lipinski definition) is 6. The van der Waals surface area contributed by atoms with E-state index < -0.39 is 29.4 Å². The van der Waals surface area contributed by atoms with E-state index in [-0.39, 0.29) is 19.3 Å². The summed E-state index contributed by atoms with van der Waals surface area (Å²) in [7, 11) is 0. The van der Waals surface area contributed by atoms with Crippen molar-refractivity contribution in [3.05, 3.63) is 0 Å².